The second kappa shape index (κ2) is 7.75. The van der Waals surface area contributed by atoms with Crippen molar-refractivity contribution in [3.05, 3.63) is 0 Å². The lowest BCUT2D eigenvalue weighted by molar-refractivity contribution is -0.140. The number of hydrogen-bond acceptors (Lipinski definition) is 4. The van der Waals surface area contributed by atoms with Crippen molar-refractivity contribution < 1.29 is 9.59 Å². The Labute approximate surface area is 127 Å². The van der Waals surface area contributed by atoms with Crippen molar-refractivity contribution in [3.63, 3.8) is 0 Å². The van der Waals surface area contributed by atoms with Gasteiger partial charge in [-0.1, -0.05) is 12.8 Å². The van der Waals surface area contributed by atoms with E-state index in [0.29, 0.717) is 19.0 Å². The van der Waals surface area contributed by atoms with Crippen molar-refractivity contribution in [3.8, 4) is 0 Å². The number of nitrogens with zero attached hydrogens (tertiary/aromatic N) is 2. The Balaban J connectivity index is 1.83. The molecule has 2 unspecified atom stereocenters. The van der Waals surface area contributed by atoms with Crippen LogP contribution in [0.3, 0.4) is 0 Å². The number of amides is 2. The van der Waals surface area contributed by atoms with Gasteiger partial charge in [-0.15, -0.1) is 0 Å². The highest BCUT2D eigenvalue weighted by atomic mass is 16.2. The normalized spacial score (nSPS) is 27.4. The Morgan fingerprint density at radius 3 is 2.43 bits per heavy atom. The number of rotatable bonds is 4. The summed E-state index contributed by atoms with van der Waals surface area (Å²) >= 11 is 0. The second-order valence-electron chi connectivity index (χ2n) is 6.16. The molecule has 1 aliphatic carbocycles. The highest BCUT2D eigenvalue weighted by molar-refractivity contribution is 5.80. The van der Waals surface area contributed by atoms with E-state index in [1.54, 1.807) is 7.05 Å². The van der Waals surface area contributed by atoms with Gasteiger partial charge in [0, 0.05) is 39.1 Å². The quantitative estimate of drug-likeness (QED) is 0.743. The molecule has 3 N–H and O–H groups in total. The number of carbonyl (C=O) groups is 2. The first-order valence-corrected chi connectivity index (χ1v) is 8.07. The molecule has 6 nitrogen and oxygen atoms in total. The maximum Gasteiger partial charge on any atom is 0.233 e. The van der Waals surface area contributed by atoms with Gasteiger partial charge in [0.1, 0.15) is 0 Å². The fourth-order valence-corrected chi connectivity index (χ4v) is 3.46. The van der Waals surface area contributed by atoms with E-state index < -0.39 is 0 Å². The molecular formula is C15H28N4O2. The van der Waals surface area contributed by atoms with Crippen LogP contribution < -0.4 is 11.1 Å². The van der Waals surface area contributed by atoms with Gasteiger partial charge < -0.3 is 16.0 Å². The van der Waals surface area contributed by atoms with Crippen molar-refractivity contribution in [2.45, 2.75) is 25.7 Å². The molecule has 6 heteroatoms. The van der Waals surface area contributed by atoms with Gasteiger partial charge in [-0.05, 0) is 25.3 Å². The lowest BCUT2D eigenvalue weighted by Gasteiger charge is -2.38. The average Bonchev–Trinajstić information content (AvgIpc) is 2.54. The van der Waals surface area contributed by atoms with E-state index in [1.807, 2.05) is 4.90 Å². The van der Waals surface area contributed by atoms with Crippen molar-refractivity contribution in [1.82, 2.24) is 15.1 Å². The lowest BCUT2D eigenvalue weighted by Crippen LogP contribution is -2.53. The Kier molecular flexibility index (Phi) is 5.99. The van der Waals surface area contributed by atoms with E-state index in [2.05, 4.69) is 10.2 Å². The average molecular weight is 296 g/mol. The predicted molar refractivity (Wildman–Crippen MR) is 81.6 cm³/mol. The molecule has 2 aliphatic rings. The number of nitrogens with one attached hydrogen (secondary N) is 1. The minimum Gasteiger partial charge on any atom is -0.358 e. The van der Waals surface area contributed by atoms with Crippen molar-refractivity contribution in [2.75, 3.05) is 46.3 Å². The SMILES string of the molecule is CNC(=O)CN1CCN(C(=O)C2CCCCC2CN)CC1. The summed E-state index contributed by atoms with van der Waals surface area (Å²) in [4.78, 5) is 28.1. The molecule has 2 atom stereocenters. The topological polar surface area (TPSA) is 78.7 Å². The van der Waals surface area contributed by atoms with Crippen LogP contribution in [-0.4, -0.2) is 67.9 Å². The van der Waals surface area contributed by atoms with Crippen LogP contribution in [0.25, 0.3) is 0 Å². The second-order valence-corrected chi connectivity index (χ2v) is 6.16. The van der Waals surface area contributed by atoms with Gasteiger partial charge in [0.2, 0.25) is 11.8 Å². The summed E-state index contributed by atoms with van der Waals surface area (Å²) in [6, 6.07) is 0. The maximum atomic E-state index is 12.7. The number of likely N-dealkylation sites (N-methyl/N-ethyl adjacent to an activating group) is 1. The third-order valence-electron chi connectivity index (χ3n) is 4.86. The maximum absolute atomic E-state index is 12.7. The summed E-state index contributed by atoms with van der Waals surface area (Å²) in [7, 11) is 1.65. The summed E-state index contributed by atoms with van der Waals surface area (Å²) in [6.45, 7) is 4.05. The third kappa shape index (κ3) is 4.17. The molecule has 120 valence electrons. The monoisotopic (exact) mass is 296 g/mol. The number of nitrogens with two attached hydrogens (primary N) is 1. The molecule has 1 saturated heterocycles. The Hall–Kier alpha value is -1.14. The molecule has 1 aliphatic heterocycles. The highest BCUT2D eigenvalue weighted by Gasteiger charge is 2.34. The Bertz CT molecular complexity index is 367. The van der Waals surface area contributed by atoms with Crippen LogP contribution in [0.15, 0.2) is 0 Å². The van der Waals surface area contributed by atoms with Crippen LogP contribution in [0.4, 0.5) is 0 Å². The highest BCUT2D eigenvalue weighted by Crippen LogP contribution is 2.31. The van der Waals surface area contributed by atoms with Gasteiger partial charge in [-0.3, -0.25) is 14.5 Å². The van der Waals surface area contributed by atoms with Gasteiger partial charge in [0.05, 0.1) is 6.54 Å². The molecule has 21 heavy (non-hydrogen) atoms. The molecule has 0 aromatic rings. The van der Waals surface area contributed by atoms with Crippen LogP contribution in [0.2, 0.25) is 0 Å². The van der Waals surface area contributed by atoms with E-state index in [1.165, 1.54) is 6.42 Å². The van der Waals surface area contributed by atoms with Crippen LogP contribution in [-0.2, 0) is 9.59 Å². The van der Waals surface area contributed by atoms with E-state index in [-0.39, 0.29) is 17.7 Å². The first-order chi connectivity index (χ1) is 10.2. The third-order valence-corrected chi connectivity index (χ3v) is 4.86. The summed E-state index contributed by atoms with van der Waals surface area (Å²) in [5.74, 6) is 0.791. The van der Waals surface area contributed by atoms with E-state index in [4.69, 9.17) is 5.73 Å². The van der Waals surface area contributed by atoms with Gasteiger partial charge in [-0.25, -0.2) is 0 Å². The van der Waals surface area contributed by atoms with Gasteiger partial charge >= 0.3 is 0 Å². The molecule has 0 spiro atoms. The standard InChI is InChI=1S/C15H28N4O2/c1-17-14(20)11-18-6-8-19(9-7-18)15(21)13-5-3-2-4-12(13)10-16/h12-13H,2-11,16H2,1H3,(H,17,20). The first kappa shape index (κ1) is 16.2. The summed E-state index contributed by atoms with van der Waals surface area (Å²) in [5, 5.41) is 2.64. The zero-order valence-electron chi connectivity index (χ0n) is 13.0. The number of carbonyl (C=O) groups excluding carboxylic acids is 2. The molecule has 0 aromatic carbocycles. The lowest BCUT2D eigenvalue weighted by atomic mass is 9.78. The van der Waals surface area contributed by atoms with E-state index in [0.717, 1.165) is 45.4 Å². The molecule has 0 aromatic heterocycles. The molecule has 1 saturated carbocycles. The van der Waals surface area contributed by atoms with E-state index in [9.17, 15) is 9.59 Å². The van der Waals surface area contributed by atoms with Crippen LogP contribution in [0, 0.1) is 11.8 Å². The molecule has 2 rings (SSSR count). The summed E-state index contributed by atoms with van der Waals surface area (Å²) in [5.41, 5.74) is 5.83. The molecule has 2 amide bonds. The fourth-order valence-electron chi connectivity index (χ4n) is 3.46. The van der Waals surface area contributed by atoms with Gasteiger partial charge in [0.15, 0.2) is 0 Å². The largest absolute Gasteiger partial charge is 0.358 e. The van der Waals surface area contributed by atoms with E-state index >= 15 is 0 Å². The van der Waals surface area contributed by atoms with Gasteiger partial charge in [0.25, 0.3) is 0 Å². The van der Waals surface area contributed by atoms with Crippen LogP contribution in [0.5, 0.6) is 0 Å². The zero-order valence-corrected chi connectivity index (χ0v) is 13.0. The van der Waals surface area contributed by atoms with Gasteiger partial charge in [-0.2, -0.15) is 0 Å². The summed E-state index contributed by atoms with van der Waals surface area (Å²) < 4.78 is 0. The zero-order chi connectivity index (χ0) is 15.2. The van der Waals surface area contributed by atoms with Crippen molar-refractivity contribution in [2.24, 2.45) is 17.6 Å². The van der Waals surface area contributed by atoms with Crippen LogP contribution in [0.1, 0.15) is 25.7 Å². The van der Waals surface area contributed by atoms with Crippen molar-refractivity contribution in [1.29, 1.82) is 0 Å². The molecule has 0 radical (unpaired) electrons. The molecule has 0 bridgehead atoms. The molecular weight excluding hydrogens is 268 g/mol. The predicted octanol–water partition coefficient (Wildman–Crippen LogP) is -0.358. The van der Waals surface area contributed by atoms with Crippen LogP contribution >= 0.6 is 0 Å². The minimum atomic E-state index is 0.0326. The number of hydrogen-bond donors (Lipinski definition) is 2. The minimum absolute atomic E-state index is 0.0326. The fraction of sp³-hybridized carbons (Fsp3) is 0.867. The smallest absolute Gasteiger partial charge is 0.233 e. The summed E-state index contributed by atoms with van der Waals surface area (Å²) in [6.07, 6.45) is 4.41. The van der Waals surface area contributed by atoms with Crippen molar-refractivity contribution >= 4 is 11.8 Å². The number of piperazine rings is 1. The Morgan fingerprint density at radius 2 is 1.81 bits per heavy atom. The molecule has 2 fully saturated rings. The first-order valence-electron chi connectivity index (χ1n) is 8.07. The Morgan fingerprint density at radius 1 is 1.14 bits per heavy atom. The molecule has 1 heterocycles.